The highest BCUT2D eigenvalue weighted by Gasteiger charge is 2.18. The molecule has 0 aromatic heterocycles. The van der Waals surface area contributed by atoms with Crippen molar-refractivity contribution in [1.29, 1.82) is 0 Å². The molecule has 0 aliphatic rings. The number of nitro groups is 1. The summed E-state index contributed by atoms with van der Waals surface area (Å²) in [6, 6.07) is 5.86. The third-order valence-corrected chi connectivity index (χ3v) is 3.40. The summed E-state index contributed by atoms with van der Waals surface area (Å²) in [6.07, 6.45) is 0.836. The summed E-state index contributed by atoms with van der Waals surface area (Å²) in [5, 5.41) is 16.5. The second kappa shape index (κ2) is 9.97. The number of nitrogens with zero attached hydrogens (tertiary/aromatic N) is 1. The van der Waals surface area contributed by atoms with Crippen LogP contribution < -0.4 is 16.4 Å². The zero-order valence-electron chi connectivity index (χ0n) is 12.7. The lowest BCUT2D eigenvalue weighted by Gasteiger charge is -2.17. The number of nitrogens with two attached hydrogens (primary N) is 1. The van der Waals surface area contributed by atoms with Gasteiger partial charge in [0.15, 0.2) is 0 Å². The molecule has 1 amide bonds. The van der Waals surface area contributed by atoms with Crippen molar-refractivity contribution >= 4 is 29.7 Å². The number of hydrogen-bond acceptors (Lipinski definition) is 5. The van der Waals surface area contributed by atoms with Gasteiger partial charge in [-0.1, -0.05) is 32.4 Å². The maximum Gasteiger partial charge on any atom is 0.292 e. The minimum absolute atomic E-state index is 0. The highest BCUT2D eigenvalue weighted by Crippen LogP contribution is 2.22. The molecule has 8 heteroatoms. The van der Waals surface area contributed by atoms with Gasteiger partial charge in [0.1, 0.15) is 5.69 Å². The summed E-state index contributed by atoms with van der Waals surface area (Å²) in [6.45, 7) is 4.66. The number of benzene rings is 1. The number of para-hydroxylation sites is 2. The van der Waals surface area contributed by atoms with Gasteiger partial charge in [0.25, 0.3) is 5.69 Å². The highest BCUT2D eigenvalue weighted by atomic mass is 35.5. The summed E-state index contributed by atoms with van der Waals surface area (Å²) < 4.78 is 0. The molecular formula is C14H23ClN4O3. The Morgan fingerprint density at radius 3 is 2.59 bits per heavy atom. The van der Waals surface area contributed by atoms with Gasteiger partial charge in [-0.25, -0.2) is 0 Å². The minimum Gasteiger partial charge on any atom is -0.378 e. The third kappa shape index (κ3) is 5.87. The fourth-order valence-electron chi connectivity index (χ4n) is 1.80. The molecule has 2 unspecified atom stereocenters. The molecule has 4 N–H and O–H groups in total. The molecule has 1 aromatic carbocycles. The SMILES string of the molecule is CCC(C)C(N)C(=O)NCCNc1ccccc1[N+](=O)[O-].Cl. The maximum atomic E-state index is 11.8. The van der Waals surface area contributed by atoms with Crippen molar-refractivity contribution in [1.82, 2.24) is 5.32 Å². The van der Waals surface area contributed by atoms with Crippen LogP contribution in [0, 0.1) is 16.0 Å². The Labute approximate surface area is 136 Å². The largest absolute Gasteiger partial charge is 0.378 e. The summed E-state index contributed by atoms with van der Waals surface area (Å²) in [7, 11) is 0. The Bertz CT molecular complexity index is 499. The molecule has 2 atom stereocenters. The van der Waals surface area contributed by atoms with Gasteiger partial charge in [-0.05, 0) is 12.0 Å². The number of halogens is 1. The first-order valence-electron chi connectivity index (χ1n) is 6.98. The molecule has 7 nitrogen and oxygen atoms in total. The standard InChI is InChI=1S/C14H22N4O3.ClH/c1-3-10(2)13(15)14(19)17-9-8-16-11-6-4-5-7-12(11)18(20)21;/h4-7,10,13,16H,3,8-9,15H2,1-2H3,(H,17,19);1H. The number of amides is 1. The van der Waals surface area contributed by atoms with E-state index in [9.17, 15) is 14.9 Å². The van der Waals surface area contributed by atoms with E-state index in [2.05, 4.69) is 10.6 Å². The molecule has 0 bridgehead atoms. The van der Waals surface area contributed by atoms with E-state index in [-0.39, 0.29) is 29.9 Å². The molecular weight excluding hydrogens is 308 g/mol. The minimum atomic E-state index is -0.527. The molecule has 1 rings (SSSR count). The third-order valence-electron chi connectivity index (χ3n) is 3.40. The average Bonchev–Trinajstić information content (AvgIpc) is 2.49. The summed E-state index contributed by atoms with van der Waals surface area (Å²) in [4.78, 5) is 22.2. The van der Waals surface area contributed by atoms with E-state index in [0.717, 1.165) is 6.42 Å². The molecule has 0 aliphatic carbocycles. The van der Waals surface area contributed by atoms with Gasteiger partial charge in [0.05, 0.1) is 11.0 Å². The lowest BCUT2D eigenvalue weighted by molar-refractivity contribution is -0.384. The molecule has 0 saturated heterocycles. The van der Waals surface area contributed by atoms with Crippen LogP contribution in [0.4, 0.5) is 11.4 Å². The number of nitrogens with one attached hydrogen (secondary N) is 2. The van der Waals surface area contributed by atoms with Gasteiger partial charge in [-0.3, -0.25) is 14.9 Å². The van der Waals surface area contributed by atoms with Gasteiger partial charge in [-0.15, -0.1) is 12.4 Å². The van der Waals surface area contributed by atoms with Crippen molar-refractivity contribution in [3.05, 3.63) is 34.4 Å². The molecule has 0 saturated carbocycles. The smallest absolute Gasteiger partial charge is 0.292 e. The summed E-state index contributed by atoms with van der Waals surface area (Å²) in [5.41, 5.74) is 6.25. The van der Waals surface area contributed by atoms with E-state index >= 15 is 0 Å². The van der Waals surface area contributed by atoms with Gasteiger partial charge < -0.3 is 16.4 Å². The van der Waals surface area contributed by atoms with Crippen LogP contribution in [0.3, 0.4) is 0 Å². The van der Waals surface area contributed by atoms with E-state index in [1.807, 2.05) is 13.8 Å². The molecule has 22 heavy (non-hydrogen) atoms. The second-order valence-electron chi connectivity index (χ2n) is 4.90. The topological polar surface area (TPSA) is 110 Å². The first-order chi connectivity index (χ1) is 9.97. The van der Waals surface area contributed by atoms with Crippen LogP contribution in [0.15, 0.2) is 24.3 Å². The van der Waals surface area contributed by atoms with E-state index in [4.69, 9.17) is 5.73 Å². The van der Waals surface area contributed by atoms with E-state index < -0.39 is 11.0 Å². The van der Waals surface area contributed by atoms with E-state index in [0.29, 0.717) is 18.8 Å². The van der Waals surface area contributed by atoms with Crippen LogP contribution in [-0.2, 0) is 4.79 Å². The molecule has 1 aromatic rings. The first kappa shape index (κ1) is 20.1. The zero-order valence-corrected chi connectivity index (χ0v) is 13.6. The predicted molar refractivity (Wildman–Crippen MR) is 89.3 cm³/mol. The fraction of sp³-hybridized carbons (Fsp3) is 0.500. The molecule has 124 valence electrons. The number of carbonyl (C=O) groups excluding carboxylic acids is 1. The molecule has 0 radical (unpaired) electrons. The molecule has 0 fully saturated rings. The number of anilines is 1. The van der Waals surface area contributed by atoms with Crippen molar-refractivity contribution in [2.75, 3.05) is 18.4 Å². The van der Waals surface area contributed by atoms with E-state index in [1.165, 1.54) is 6.07 Å². The quantitative estimate of drug-likeness (QED) is 0.383. The monoisotopic (exact) mass is 330 g/mol. The lowest BCUT2D eigenvalue weighted by atomic mass is 9.99. The number of hydrogen-bond donors (Lipinski definition) is 3. The van der Waals surface area contributed by atoms with Crippen molar-refractivity contribution < 1.29 is 9.72 Å². The van der Waals surface area contributed by atoms with Crippen LogP contribution in [0.5, 0.6) is 0 Å². The van der Waals surface area contributed by atoms with Gasteiger partial charge in [0, 0.05) is 19.2 Å². The number of rotatable bonds is 8. The predicted octanol–water partition coefficient (Wildman–Crippen LogP) is 1.92. The first-order valence-corrected chi connectivity index (χ1v) is 6.98. The normalized spacial score (nSPS) is 12.7. The Morgan fingerprint density at radius 2 is 2.00 bits per heavy atom. The van der Waals surface area contributed by atoms with Crippen LogP contribution in [0.2, 0.25) is 0 Å². The number of carbonyl (C=O) groups is 1. The van der Waals surface area contributed by atoms with Crippen molar-refractivity contribution in [2.24, 2.45) is 11.7 Å². The average molecular weight is 331 g/mol. The molecule has 0 heterocycles. The highest BCUT2D eigenvalue weighted by molar-refractivity contribution is 5.85. The summed E-state index contributed by atoms with van der Waals surface area (Å²) >= 11 is 0. The maximum absolute atomic E-state index is 11.8. The second-order valence-corrected chi connectivity index (χ2v) is 4.90. The van der Waals surface area contributed by atoms with Gasteiger partial charge in [-0.2, -0.15) is 0 Å². The molecule has 0 spiro atoms. The van der Waals surface area contributed by atoms with Crippen LogP contribution in [-0.4, -0.2) is 30.0 Å². The van der Waals surface area contributed by atoms with Gasteiger partial charge >= 0.3 is 0 Å². The zero-order chi connectivity index (χ0) is 15.8. The van der Waals surface area contributed by atoms with Crippen LogP contribution in [0.25, 0.3) is 0 Å². The molecule has 0 aliphatic heterocycles. The Balaban J connectivity index is 0.00000441. The van der Waals surface area contributed by atoms with Gasteiger partial charge in [0.2, 0.25) is 5.91 Å². The Kier molecular flexibility index (Phi) is 9.12. The van der Waals surface area contributed by atoms with Crippen molar-refractivity contribution in [3.63, 3.8) is 0 Å². The van der Waals surface area contributed by atoms with Crippen LogP contribution >= 0.6 is 12.4 Å². The fourth-order valence-corrected chi connectivity index (χ4v) is 1.80. The lowest BCUT2D eigenvalue weighted by Crippen LogP contribution is -2.45. The van der Waals surface area contributed by atoms with Crippen molar-refractivity contribution in [2.45, 2.75) is 26.3 Å². The van der Waals surface area contributed by atoms with Crippen LogP contribution in [0.1, 0.15) is 20.3 Å². The van der Waals surface area contributed by atoms with Crippen molar-refractivity contribution in [3.8, 4) is 0 Å². The Morgan fingerprint density at radius 1 is 1.36 bits per heavy atom. The van der Waals surface area contributed by atoms with E-state index in [1.54, 1.807) is 18.2 Å². The number of nitro benzene ring substituents is 1. The Hall–Kier alpha value is -1.86. The summed E-state index contributed by atoms with van der Waals surface area (Å²) in [5.74, 6) is -0.0816.